The van der Waals surface area contributed by atoms with E-state index in [0.717, 1.165) is 25.3 Å². The molecule has 1 aromatic heterocycles. The van der Waals surface area contributed by atoms with E-state index in [-0.39, 0.29) is 11.4 Å². The topological polar surface area (TPSA) is 59.1 Å². The molecular formula is C17H23F3N4O. The van der Waals surface area contributed by atoms with E-state index in [2.05, 4.69) is 20.6 Å². The summed E-state index contributed by atoms with van der Waals surface area (Å²) >= 11 is 0. The Balaban J connectivity index is 1.30. The third kappa shape index (κ3) is 2.99. The summed E-state index contributed by atoms with van der Waals surface area (Å²) < 4.78 is 44.0. The standard InChI is InChI=1S/C17H23F3N4O/c18-17(19,20)12-3-7-22-15(24-12)23-9-8-21-13-11-4-10-25-14(11)16(13)5-1-2-6-16/h3,7,11,13-14,21H,1-2,4-6,8-10H2,(H,22,23,24)/t11-,13-,14+/m1/s1. The fourth-order valence-electron chi connectivity index (χ4n) is 5.01. The number of alkyl halides is 3. The van der Waals surface area contributed by atoms with E-state index in [0.29, 0.717) is 31.2 Å². The normalized spacial score (nSPS) is 30.3. The molecule has 3 atom stereocenters. The van der Waals surface area contributed by atoms with Crippen molar-refractivity contribution >= 4 is 5.95 Å². The molecule has 0 aromatic carbocycles. The molecule has 1 spiro atoms. The molecule has 1 saturated heterocycles. The summed E-state index contributed by atoms with van der Waals surface area (Å²) in [6.45, 7) is 2.02. The van der Waals surface area contributed by atoms with Gasteiger partial charge in [-0.15, -0.1) is 0 Å². The van der Waals surface area contributed by atoms with Crippen molar-refractivity contribution in [1.82, 2.24) is 15.3 Å². The first kappa shape index (κ1) is 17.0. The van der Waals surface area contributed by atoms with E-state index >= 15 is 0 Å². The highest BCUT2D eigenvalue weighted by atomic mass is 19.4. The fourth-order valence-corrected chi connectivity index (χ4v) is 5.01. The van der Waals surface area contributed by atoms with Gasteiger partial charge in [-0.2, -0.15) is 13.2 Å². The SMILES string of the molecule is FC(F)(F)c1ccnc(NCCN[C@@H]2[C@H]3CCO[C@@H]3C23CCCC3)n1. The lowest BCUT2D eigenvalue weighted by molar-refractivity contribution is -0.141. The smallest absolute Gasteiger partial charge is 0.377 e. The van der Waals surface area contributed by atoms with Gasteiger partial charge in [-0.25, -0.2) is 9.97 Å². The van der Waals surface area contributed by atoms with Crippen LogP contribution in [0.5, 0.6) is 0 Å². The van der Waals surface area contributed by atoms with Gasteiger partial charge in [-0.1, -0.05) is 12.8 Å². The molecule has 0 radical (unpaired) electrons. The molecule has 0 bridgehead atoms. The van der Waals surface area contributed by atoms with Crippen LogP contribution in [0.1, 0.15) is 37.8 Å². The Bertz CT molecular complexity index is 618. The first-order valence-corrected chi connectivity index (χ1v) is 9.00. The van der Waals surface area contributed by atoms with Crippen LogP contribution in [0, 0.1) is 11.3 Å². The first-order chi connectivity index (χ1) is 12.0. The van der Waals surface area contributed by atoms with Crippen LogP contribution in [0.15, 0.2) is 12.3 Å². The second-order valence-electron chi connectivity index (χ2n) is 7.31. The molecule has 138 valence electrons. The van der Waals surface area contributed by atoms with Crippen LogP contribution >= 0.6 is 0 Å². The molecule has 2 N–H and O–H groups in total. The average molecular weight is 356 g/mol. The zero-order valence-corrected chi connectivity index (χ0v) is 14.0. The number of rotatable bonds is 5. The van der Waals surface area contributed by atoms with E-state index in [1.807, 2.05) is 0 Å². The summed E-state index contributed by atoms with van der Waals surface area (Å²) in [5.74, 6) is 0.603. The molecule has 2 aliphatic carbocycles. The lowest BCUT2D eigenvalue weighted by Crippen LogP contribution is -2.67. The maximum absolute atomic E-state index is 12.7. The van der Waals surface area contributed by atoms with Crippen molar-refractivity contribution in [3.63, 3.8) is 0 Å². The first-order valence-electron chi connectivity index (χ1n) is 9.00. The second-order valence-corrected chi connectivity index (χ2v) is 7.31. The van der Waals surface area contributed by atoms with Gasteiger partial charge >= 0.3 is 6.18 Å². The predicted molar refractivity (Wildman–Crippen MR) is 86.1 cm³/mol. The quantitative estimate of drug-likeness (QED) is 0.795. The molecule has 5 nitrogen and oxygen atoms in total. The fraction of sp³-hybridized carbons (Fsp3) is 0.765. The molecule has 1 aromatic rings. The minimum absolute atomic E-state index is 0.0166. The Hall–Kier alpha value is -1.41. The number of hydrogen-bond acceptors (Lipinski definition) is 5. The molecule has 2 heterocycles. The summed E-state index contributed by atoms with van der Waals surface area (Å²) in [6.07, 6.45) is 3.16. The van der Waals surface area contributed by atoms with Gasteiger partial charge in [0.15, 0.2) is 0 Å². The lowest BCUT2D eigenvalue weighted by atomic mass is 9.54. The Kier molecular flexibility index (Phi) is 4.35. The second kappa shape index (κ2) is 6.39. The highest BCUT2D eigenvalue weighted by Gasteiger charge is 2.64. The van der Waals surface area contributed by atoms with Crippen molar-refractivity contribution in [3.05, 3.63) is 18.0 Å². The van der Waals surface area contributed by atoms with Crippen LogP contribution in [0.25, 0.3) is 0 Å². The van der Waals surface area contributed by atoms with Crippen molar-refractivity contribution in [2.45, 2.75) is 50.4 Å². The van der Waals surface area contributed by atoms with Crippen molar-refractivity contribution in [3.8, 4) is 0 Å². The summed E-state index contributed by atoms with van der Waals surface area (Å²) in [6, 6.07) is 1.34. The van der Waals surface area contributed by atoms with E-state index in [4.69, 9.17) is 4.74 Å². The summed E-state index contributed by atoms with van der Waals surface area (Å²) in [7, 11) is 0. The number of aromatic nitrogens is 2. The maximum Gasteiger partial charge on any atom is 0.433 e. The Morgan fingerprint density at radius 1 is 1.24 bits per heavy atom. The molecule has 3 fully saturated rings. The van der Waals surface area contributed by atoms with Crippen LogP contribution in [0.4, 0.5) is 19.1 Å². The molecule has 0 amide bonds. The van der Waals surface area contributed by atoms with E-state index in [1.165, 1.54) is 25.7 Å². The van der Waals surface area contributed by atoms with Crippen LogP contribution < -0.4 is 10.6 Å². The molecule has 1 aliphatic heterocycles. The zero-order chi connectivity index (χ0) is 17.5. The van der Waals surface area contributed by atoms with E-state index < -0.39 is 11.9 Å². The lowest BCUT2D eigenvalue weighted by Gasteiger charge is -2.57. The largest absolute Gasteiger partial charge is 0.433 e. The summed E-state index contributed by atoms with van der Waals surface area (Å²) in [5, 5.41) is 6.50. The van der Waals surface area contributed by atoms with Crippen LogP contribution in [-0.4, -0.2) is 41.8 Å². The molecule has 3 aliphatic rings. The van der Waals surface area contributed by atoms with E-state index in [9.17, 15) is 13.2 Å². The summed E-state index contributed by atoms with van der Waals surface area (Å²) in [4.78, 5) is 7.38. The number of nitrogens with zero attached hydrogens (tertiary/aromatic N) is 2. The molecule has 4 rings (SSSR count). The number of fused-ring (bicyclic) bond motifs is 2. The van der Waals surface area contributed by atoms with Crippen molar-refractivity contribution in [1.29, 1.82) is 0 Å². The monoisotopic (exact) mass is 356 g/mol. The van der Waals surface area contributed by atoms with Gasteiger partial charge in [0.25, 0.3) is 0 Å². The molecule has 0 unspecified atom stereocenters. The van der Waals surface area contributed by atoms with Crippen LogP contribution in [-0.2, 0) is 10.9 Å². The van der Waals surface area contributed by atoms with Crippen molar-refractivity contribution in [2.24, 2.45) is 11.3 Å². The van der Waals surface area contributed by atoms with Gasteiger partial charge < -0.3 is 15.4 Å². The third-order valence-electron chi connectivity index (χ3n) is 6.00. The van der Waals surface area contributed by atoms with Crippen molar-refractivity contribution < 1.29 is 17.9 Å². The predicted octanol–water partition coefficient (Wildman–Crippen LogP) is 2.84. The van der Waals surface area contributed by atoms with Crippen LogP contribution in [0.3, 0.4) is 0 Å². The Morgan fingerprint density at radius 3 is 2.80 bits per heavy atom. The van der Waals surface area contributed by atoms with Gasteiger partial charge in [0.1, 0.15) is 5.69 Å². The highest BCUT2D eigenvalue weighted by molar-refractivity contribution is 5.26. The highest BCUT2D eigenvalue weighted by Crippen LogP contribution is 2.60. The van der Waals surface area contributed by atoms with Gasteiger partial charge in [-0.3, -0.25) is 0 Å². The minimum atomic E-state index is -4.45. The Labute approximate surface area is 144 Å². The molecular weight excluding hydrogens is 333 g/mol. The van der Waals surface area contributed by atoms with Crippen LogP contribution in [0.2, 0.25) is 0 Å². The van der Waals surface area contributed by atoms with Gasteiger partial charge in [0, 0.05) is 43.3 Å². The number of hydrogen-bond donors (Lipinski definition) is 2. The summed E-state index contributed by atoms with van der Waals surface area (Å²) in [5.41, 5.74) is -0.638. The Morgan fingerprint density at radius 2 is 2.04 bits per heavy atom. The number of ether oxygens (including phenoxy) is 1. The van der Waals surface area contributed by atoms with Gasteiger partial charge in [0.05, 0.1) is 6.10 Å². The number of anilines is 1. The number of nitrogens with one attached hydrogen (secondary N) is 2. The number of halogens is 3. The van der Waals surface area contributed by atoms with Gasteiger partial charge in [-0.05, 0) is 25.3 Å². The maximum atomic E-state index is 12.7. The minimum Gasteiger partial charge on any atom is -0.377 e. The third-order valence-corrected chi connectivity index (χ3v) is 6.00. The van der Waals surface area contributed by atoms with E-state index in [1.54, 1.807) is 0 Å². The molecule has 8 heteroatoms. The van der Waals surface area contributed by atoms with Crippen molar-refractivity contribution in [2.75, 3.05) is 25.0 Å². The molecule has 25 heavy (non-hydrogen) atoms. The average Bonchev–Trinajstić information content (AvgIpc) is 3.22. The molecule has 2 saturated carbocycles. The van der Waals surface area contributed by atoms with Gasteiger partial charge in [0.2, 0.25) is 5.95 Å². The zero-order valence-electron chi connectivity index (χ0n) is 14.0.